The van der Waals surface area contributed by atoms with Crippen LogP contribution in [0.1, 0.15) is 31.2 Å². The van der Waals surface area contributed by atoms with Gasteiger partial charge in [-0.15, -0.1) is 0 Å². The Morgan fingerprint density at radius 2 is 1.84 bits per heavy atom. The molecule has 1 heterocycles. The minimum Gasteiger partial charge on any atom is -0.319 e. The lowest BCUT2D eigenvalue weighted by molar-refractivity contribution is -0.119. The number of fused-ring (bicyclic) bond motifs is 1. The Morgan fingerprint density at radius 3 is 2.68 bits per heavy atom. The van der Waals surface area contributed by atoms with Crippen molar-refractivity contribution >= 4 is 28.6 Å². The first-order valence-corrected chi connectivity index (χ1v) is 9.88. The van der Waals surface area contributed by atoms with Crippen molar-refractivity contribution in [1.82, 2.24) is 9.55 Å². The molecule has 1 aliphatic carbocycles. The van der Waals surface area contributed by atoms with Crippen LogP contribution >= 0.6 is 11.8 Å². The van der Waals surface area contributed by atoms with Gasteiger partial charge in [0.05, 0.1) is 16.3 Å². The van der Waals surface area contributed by atoms with E-state index in [1.54, 1.807) is 11.8 Å². The number of thioether (sulfide) groups is 1. The number of benzene rings is 2. The zero-order valence-corrected chi connectivity index (χ0v) is 15.0. The second-order valence-electron chi connectivity index (χ2n) is 6.59. The van der Waals surface area contributed by atoms with Crippen molar-refractivity contribution in [3.05, 3.63) is 60.2 Å². The van der Waals surface area contributed by atoms with Crippen LogP contribution in [-0.2, 0) is 17.8 Å². The molecule has 4 rings (SSSR count). The van der Waals surface area contributed by atoms with Crippen molar-refractivity contribution in [2.75, 3.05) is 0 Å². The van der Waals surface area contributed by atoms with Crippen LogP contribution < -0.4 is 0 Å². The lowest BCUT2D eigenvalue weighted by Crippen LogP contribution is -2.22. The highest BCUT2D eigenvalue weighted by Crippen LogP contribution is 2.33. The van der Waals surface area contributed by atoms with E-state index in [4.69, 9.17) is 4.98 Å². The third kappa shape index (κ3) is 3.64. The van der Waals surface area contributed by atoms with E-state index in [0.717, 1.165) is 54.8 Å². The molecular weight excluding hydrogens is 328 g/mol. The highest BCUT2D eigenvalue weighted by atomic mass is 32.2. The standard InChI is InChI=1S/C21H22N2OS/c24-19-12-6-7-13-20(19)25-21-22-17-10-4-5-11-18(17)23(21)15-14-16-8-2-1-3-9-16/h1-5,8-11,20H,6-7,12-15H2/t20-/m1/s1. The molecule has 0 spiro atoms. The minimum absolute atomic E-state index is 0.0704. The first-order valence-electron chi connectivity index (χ1n) is 9.00. The van der Waals surface area contributed by atoms with E-state index in [-0.39, 0.29) is 5.25 Å². The predicted octanol–water partition coefficient (Wildman–Crippen LogP) is 4.88. The SMILES string of the molecule is O=C1CCCC[C@H]1Sc1nc2ccccc2n1CCc1ccccc1. The molecule has 0 unspecified atom stereocenters. The van der Waals surface area contributed by atoms with Crippen LogP contribution in [0.5, 0.6) is 0 Å². The van der Waals surface area contributed by atoms with Gasteiger partial charge in [-0.1, -0.05) is 60.6 Å². The number of carbonyl (C=O) groups excluding carboxylic acids is 1. The third-order valence-electron chi connectivity index (χ3n) is 4.83. The summed E-state index contributed by atoms with van der Waals surface area (Å²) in [5, 5.41) is 1.05. The number of imidazole rings is 1. The largest absolute Gasteiger partial charge is 0.319 e. The van der Waals surface area contributed by atoms with E-state index in [1.165, 1.54) is 5.56 Å². The quantitative estimate of drug-likeness (QED) is 0.657. The number of rotatable bonds is 5. The highest BCUT2D eigenvalue weighted by molar-refractivity contribution is 8.00. The summed E-state index contributed by atoms with van der Waals surface area (Å²) in [5.74, 6) is 0.387. The van der Waals surface area contributed by atoms with Gasteiger partial charge < -0.3 is 4.57 Å². The molecule has 4 heteroatoms. The average molecular weight is 350 g/mol. The zero-order chi connectivity index (χ0) is 17.1. The molecule has 1 atom stereocenters. The van der Waals surface area contributed by atoms with Gasteiger partial charge in [0, 0.05) is 13.0 Å². The maximum Gasteiger partial charge on any atom is 0.169 e. The summed E-state index contributed by atoms with van der Waals surface area (Å²) in [5.41, 5.74) is 3.50. The molecule has 0 amide bonds. The van der Waals surface area contributed by atoms with Gasteiger partial charge in [-0.25, -0.2) is 4.98 Å². The Balaban J connectivity index is 1.62. The van der Waals surface area contributed by atoms with Crippen LogP contribution in [0.25, 0.3) is 11.0 Å². The number of carbonyl (C=O) groups is 1. The van der Waals surface area contributed by atoms with Crippen LogP contribution in [0.2, 0.25) is 0 Å². The van der Waals surface area contributed by atoms with E-state index in [0.29, 0.717) is 5.78 Å². The lowest BCUT2D eigenvalue weighted by atomic mass is 9.99. The van der Waals surface area contributed by atoms with E-state index in [9.17, 15) is 4.79 Å². The Hall–Kier alpha value is -2.07. The molecule has 1 aliphatic rings. The topological polar surface area (TPSA) is 34.9 Å². The summed E-state index contributed by atoms with van der Waals surface area (Å²) < 4.78 is 2.29. The normalized spacial score (nSPS) is 17.9. The molecule has 0 bridgehead atoms. The van der Waals surface area contributed by atoms with E-state index in [1.807, 2.05) is 12.1 Å². The Bertz CT molecular complexity index is 872. The molecule has 0 saturated heterocycles. The van der Waals surface area contributed by atoms with Gasteiger partial charge in [0.1, 0.15) is 5.78 Å². The smallest absolute Gasteiger partial charge is 0.169 e. The number of para-hydroxylation sites is 2. The monoisotopic (exact) mass is 350 g/mol. The fourth-order valence-electron chi connectivity index (χ4n) is 3.45. The molecule has 1 fully saturated rings. The number of ketones is 1. The fraction of sp³-hybridized carbons (Fsp3) is 0.333. The van der Waals surface area contributed by atoms with Gasteiger partial charge in [-0.3, -0.25) is 4.79 Å². The molecule has 2 aromatic carbocycles. The van der Waals surface area contributed by atoms with Gasteiger partial charge in [0.2, 0.25) is 0 Å². The van der Waals surface area contributed by atoms with Gasteiger partial charge in [-0.05, 0) is 37.0 Å². The van der Waals surface area contributed by atoms with Crippen molar-refractivity contribution in [2.45, 2.75) is 49.1 Å². The van der Waals surface area contributed by atoms with Gasteiger partial charge in [-0.2, -0.15) is 0 Å². The van der Waals surface area contributed by atoms with Crippen LogP contribution in [-0.4, -0.2) is 20.6 Å². The second kappa shape index (κ2) is 7.44. The van der Waals surface area contributed by atoms with Crippen molar-refractivity contribution < 1.29 is 4.79 Å². The fourth-order valence-corrected chi connectivity index (χ4v) is 4.70. The summed E-state index contributed by atoms with van der Waals surface area (Å²) in [6, 6.07) is 18.8. The number of hydrogen-bond acceptors (Lipinski definition) is 3. The number of nitrogens with zero attached hydrogens (tertiary/aromatic N) is 2. The van der Waals surface area contributed by atoms with Crippen molar-refractivity contribution in [2.24, 2.45) is 0 Å². The van der Waals surface area contributed by atoms with Crippen LogP contribution in [0.3, 0.4) is 0 Å². The molecule has 1 saturated carbocycles. The Morgan fingerprint density at radius 1 is 1.04 bits per heavy atom. The molecule has 3 aromatic rings. The first kappa shape index (κ1) is 16.4. The predicted molar refractivity (Wildman–Crippen MR) is 103 cm³/mol. The zero-order valence-electron chi connectivity index (χ0n) is 14.2. The van der Waals surface area contributed by atoms with Gasteiger partial charge in [0.25, 0.3) is 0 Å². The summed E-state index contributed by atoms with van der Waals surface area (Å²) in [6.45, 7) is 0.883. The van der Waals surface area contributed by atoms with Crippen molar-refractivity contribution in [3.8, 4) is 0 Å². The summed E-state index contributed by atoms with van der Waals surface area (Å²) in [6.07, 6.45) is 4.86. The summed E-state index contributed by atoms with van der Waals surface area (Å²) in [7, 11) is 0. The molecule has 0 radical (unpaired) electrons. The van der Waals surface area contributed by atoms with Crippen LogP contribution in [0.4, 0.5) is 0 Å². The summed E-state index contributed by atoms with van der Waals surface area (Å²) in [4.78, 5) is 17.1. The molecule has 3 nitrogen and oxygen atoms in total. The molecule has 128 valence electrons. The van der Waals surface area contributed by atoms with Crippen LogP contribution in [0, 0.1) is 0 Å². The number of Topliss-reactive ketones (excluding diaryl/α,β-unsaturated/α-hetero) is 1. The van der Waals surface area contributed by atoms with E-state index >= 15 is 0 Å². The first-order chi connectivity index (χ1) is 12.3. The lowest BCUT2D eigenvalue weighted by Gasteiger charge is -2.20. The second-order valence-corrected chi connectivity index (χ2v) is 7.76. The Labute approximate surface area is 152 Å². The molecule has 25 heavy (non-hydrogen) atoms. The Kier molecular flexibility index (Phi) is 4.88. The summed E-state index contributed by atoms with van der Waals surface area (Å²) >= 11 is 1.66. The van der Waals surface area contributed by atoms with Crippen molar-refractivity contribution in [1.29, 1.82) is 0 Å². The minimum atomic E-state index is 0.0704. The molecule has 1 aromatic heterocycles. The highest BCUT2D eigenvalue weighted by Gasteiger charge is 2.25. The number of aromatic nitrogens is 2. The van der Waals surface area contributed by atoms with Crippen LogP contribution in [0.15, 0.2) is 59.8 Å². The van der Waals surface area contributed by atoms with Crippen molar-refractivity contribution in [3.63, 3.8) is 0 Å². The molecular formula is C21H22N2OS. The van der Waals surface area contributed by atoms with E-state index < -0.39 is 0 Å². The van der Waals surface area contributed by atoms with Gasteiger partial charge in [0.15, 0.2) is 5.16 Å². The average Bonchev–Trinajstić information content (AvgIpc) is 3.00. The van der Waals surface area contributed by atoms with E-state index in [2.05, 4.69) is 47.0 Å². The number of hydrogen-bond donors (Lipinski definition) is 0. The molecule has 0 aliphatic heterocycles. The maximum absolute atomic E-state index is 12.2. The third-order valence-corrected chi connectivity index (χ3v) is 6.14. The van der Waals surface area contributed by atoms with Gasteiger partial charge >= 0.3 is 0 Å². The molecule has 0 N–H and O–H groups in total. The maximum atomic E-state index is 12.2. The number of aryl methyl sites for hydroxylation is 2.